The number of rotatable bonds is 72. The van der Waals surface area contributed by atoms with Gasteiger partial charge in [-0.2, -0.15) is 0 Å². The van der Waals surface area contributed by atoms with Crippen molar-refractivity contribution in [3.8, 4) is 0 Å². The number of carbonyl (C=O) groups excluding carboxylic acids is 3. The van der Waals surface area contributed by atoms with Gasteiger partial charge in [-0.25, -0.2) is 9.13 Å². The van der Waals surface area contributed by atoms with E-state index in [2.05, 4.69) is 106 Å². The minimum atomic E-state index is -4.92. The van der Waals surface area contributed by atoms with Crippen molar-refractivity contribution >= 4 is 33.6 Å². The molecule has 5 atom stereocenters. The van der Waals surface area contributed by atoms with E-state index in [0.29, 0.717) is 19.3 Å². The van der Waals surface area contributed by atoms with Gasteiger partial charge in [-0.3, -0.25) is 32.5 Å². The highest BCUT2D eigenvalue weighted by atomic mass is 31.2. The van der Waals surface area contributed by atoms with Crippen LogP contribution in [0.2, 0.25) is 0 Å². The third kappa shape index (κ3) is 71.8. The van der Waals surface area contributed by atoms with Gasteiger partial charge in [0.15, 0.2) is 6.10 Å². The highest BCUT2D eigenvalue weighted by Crippen LogP contribution is 2.45. The number of aliphatic hydroxyl groups excluding tert-OH is 2. The molecule has 16 nitrogen and oxygen atoms in total. The van der Waals surface area contributed by atoms with Gasteiger partial charge < -0.3 is 34.2 Å². The predicted molar refractivity (Wildman–Crippen MR) is 390 cm³/mol. The Bertz CT molecular complexity index is 2070. The second-order valence-electron chi connectivity index (χ2n) is 25.4. The number of esters is 3. The molecule has 0 bridgehead atoms. The summed E-state index contributed by atoms with van der Waals surface area (Å²) in [5.41, 5.74) is 0. The van der Waals surface area contributed by atoms with Crippen LogP contribution in [0.4, 0.5) is 0 Å². The van der Waals surface area contributed by atoms with Crippen LogP contribution in [0.3, 0.4) is 0 Å². The number of phosphoric acid groups is 2. The van der Waals surface area contributed by atoms with Crippen LogP contribution in [0, 0.1) is 0 Å². The van der Waals surface area contributed by atoms with E-state index in [4.69, 9.17) is 32.3 Å². The number of ether oxygens (including phenoxy) is 3. The zero-order valence-corrected chi connectivity index (χ0v) is 61.9. The van der Waals surface area contributed by atoms with Crippen LogP contribution in [-0.4, -0.2) is 95.9 Å². The Labute approximate surface area is 578 Å². The van der Waals surface area contributed by atoms with Gasteiger partial charge in [0.1, 0.15) is 25.4 Å². The Morgan fingerprint density at radius 2 is 0.558 bits per heavy atom. The number of aliphatic hydroxyl groups is 2. The molecule has 0 aromatic carbocycles. The summed E-state index contributed by atoms with van der Waals surface area (Å²) in [5, 5.41) is 20.6. The minimum Gasteiger partial charge on any atom is -0.463 e. The molecule has 0 amide bonds. The number of phosphoric ester groups is 2. The monoisotopic (exact) mass is 1380 g/mol. The van der Waals surface area contributed by atoms with Crippen LogP contribution in [-0.2, 0) is 55.8 Å². The van der Waals surface area contributed by atoms with Gasteiger partial charge in [0.2, 0.25) is 0 Å². The normalized spacial score (nSPS) is 14.6. The largest absolute Gasteiger partial charge is 0.472 e. The van der Waals surface area contributed by atoms with Gasteiger partial charge in [-0.15, -0.1) is 0 Å². The van der Waals surface area contributed by atoms with Gasteiger partial charge >= 0.3 is 33.6 Å². The van der Waals surface area contributed by atoms with E-state index in [1.165, 1.54) is 148 Å². The van der Waals surface area contributed by atoms with Gasteiger partial charge in [0, 0.05) is 19.3 Å². The molecule has 552 valence electrons. The number of carbonyl (C=O) groups is 3. The lowest BCUT2D eigenvalue weighted by Gasteiger charge is -2.21. The van der Waals surface area contributed by atoms with Crippen LogP contribution in [0.25, 0.3) is 0 Å². The second kappa shape index (κ2) is 70.6. The highest BCUT2D eigenvalue weighted by molar-refractivity contribution is 7.47. The van der Waals surface area contributed by atoms with Gasteiger partial charge in [0.25, 0.3) is 0 Å². The molecule has 0 radical (unpaired) electrons. The van der Waals surface area contributed by atoms with Crippen molar-refractivity contribution in [3.05, 3.63) is 85.1 Å². The zero-order valence-electron chi connectivity index (χ0n) is 60.1. The topological polar surface area (TPSA) is 231 Å². The molecule has 95 heavy (non-hydrogen) atoms. The van der Waals surface area contributed by atoms with Crippen LogP contribution >= 0.6 is 15.6 Å². The van der Waals surface area contributed by atoms with E-state index in [-0.39, 0.29) is 19.3 Å². The number of hydrogen-bond donors (Lipinski definition) is 4. The number of allylic oxidation sites excluding steroid dienone is 14. The molecule has 0 spiro atoms. The lowest BCUT2D eigenvalue weighted by atomic mass is 10.0. The van der Waals surface area contributed by atoms with Crippen molar-refractivity contribution in [3.63, 3.8) is 0 Å². The minimum absolute atomic E-state index is 0.106. The molecule has 0 heterocycles. The predicted octanol–water partition coefficient (Wildman–Crippen LogP) is 21.7. The van der Waals surface area contributed by atoms with Crippen molar-refractivity contribution in [2.24, 2.45) is 0 Å². The first-order chi connectivity index (χ1) is 46.2. The molecule has 0 saturated heterocycles. The summed E-state index contributed by atoms with van der Waals surface area (Å²) in [6.07, 6.45) is 78.1. The van der Waals surface area contributed by atoms with E-state index in [1.54, 1.807) is 0 Å². The summed E-state index contributed by atoms with van der Waals surface area (Å²) in [7, 11) is -9.77. The van der Waals surface area contributed by atoms with Crippen LogP contribution in [0.1, 0.15) is 329 Å². The van der Waals surface area contributed by atoms with E-state index >= 15 is 0 Å². The van der Waals surface area contributed by atoms with Crippen molar-refractivity contribution in [1.29, 1.82) is 0 Å². The van der Waals surface area contributed by atoms with E-state index in [1.807, 2.05) is 0 Å². The highest BCUT2D eigenvalue weighted by Gasteiger charge is 2.29. The Kier molecular flexibility index (Phi) is 68.2. The molecular weight excluding hydrogens is 1240 g/mol. The molecule has 0 aromatic rings. The Morgan fingerprint density at radius 3 is 0.905 bits per heavy atom. The van der Waals surface area contributed by atoms with Crippen molar-refractivity contribution in [1.82, 2.24) is 0 Å². The zero-order chi connectivity index (χ0) is 69.5. The summed E-state index contributed by atoms with van der Waals surface area (Å²) in [4.78, 5) is 58.4. The maximum Gasteiger partial charge on any atom is 0.472 e. The number of unbranched alkanes of at least 4 members (excludes halogenated alkanes) is 35. The molecule has 0 aliphatic rings. The van der Waals surface area contributed by atoms with Crippen LogP contribution < -0.4 is 0 Å². The van der Waals surface area contributed by atoms with E-state index in [9.17, 15) is 43.5 Å². The third-order valence-electron chi connectivity index (χ3n) is 16.1. The molecule has 0 saturated carbocycles. The Hall–Kier alpha value is -3.27. The molecule has 4 N–H and O–H groups in total. The lowest BCUT2D eigenvalue weighted by molar-refractivity contribution is -0.161. The Morgan fingerprint density at radius 1 is 0.305 bits per heavy atom. The lowest BCUT2D eigenvalue weighted by Crippen LogP contribution is -2.30. The molecule has 0 aromatic heterocycles. The number of hydrogen-bond acceptors (Lipinski definition) is 14. The molecule has 0 aliphatic heterocycles. The average Bonchev–Trinajstić information content (AvgIpc) is 3.18. The standard InChI is InChI=1S/C77H138O16P2/c1-4-7-10-13-16-19-22-24-26-27-28-29-30-31-32-33-34-35-36-37-38-39-40-41-42-43-45-47-49-51-54-57-60-63-75(80)87-66-72(78)67-89-94(83,84)90-68-73(79)69-91-95(85,86)92-71-74(93-77(82)65-62-59-56-53-48-21-18-15-12-9-6-3)70-88-76(81)64-61-58-55-52-50-46-44-25-23-20-17-14-11-8-5-2/h7,10,16-17,19-20,24-26,28-29,31-32,44,72-74,78-79H,4-6,8-9,11-15,18,21-23,27,30,33-43,45-71H2,1-3H3,(H,83,84)(H,85,86)/b10-7-,19-16-,20-17-,26-24-,29-28-,32-31-,44-25-. The molecule has 18 heteroatoms. The maximum atomic E-state index is 12.9. The SMILES string of the molecule is CC/C=C\C/C=C\C/C=C\C/C=C\C/C=C\CCCCCCCCCCCCCCCCCCCC(=O)OCC(O)COP(=O)(O)OCC(O)COP(=O)(O)OCC(COC(=O)CCCCCCC/C=C\C/C=C\CCCCC)OC(=O)CCCCCCCCCCCCC. The summed E-state index contributed by atoms with van der Waals surface area (Å²) >= 11 is 0. The second-order valence-corrected chi connectivity index (χ2v) is 28.3. The maximum absolute atomic E-state index is 12.9. The summed E-state index contributed by atoms with van der Waals surface area (Å²) in [6.45, 7) is 2.54. The van der Waals surface area contributed by atoms with Crippen LogP contribution in [0.15, 0.2) is 85.1 Å². The Balaban J connectivity index is 4.31. The smallest absolute Gasteiger partial charge is 0.463 e. The van der Waals surface area contributed by atoms with Gasteiger partial charge in [-0.1, -0.05) is 298 Å². The molecule has 5 unspecified atom stereocenters. The average molecular weight is 1380 g/mol. The summed E-state index contributed by atoms with van der Waals surface area (Å²) in [5.74, 6) is -1.58. The van der Waals surface area contributed by atoms with Crippen molar-refractivity contribution in [2.45, 2.75) is 347 Å². The first-order valence-electron chi connectivity index (χ1n) is 37.9. The quantitative estimate of drug-likeness (QED) is 0.0146. The van der Waals surface area contributed by atoms with Crippen LogP contribution in [0.5, 0.6) is 0 Å². The molecular formula is C77H138O16P2. The van der Waals surface area contributed by atoms with E-state index < -0.39 is 91.5 Å². The fraction of sp³-hybridized carbons (Fsp3) is 0.779. The molecule has 0 fully saturated rings. The first kappa shape index (κ1) is 91.7. The summed E-state index contributed by atoms with van der Waals surface area (Å²) in [6, 6.07) is 0. The third-order valence-corrected chi connectivity index (χ3v) is 18.0. The van der Waals surface area contributed by atoms with Gasteiger partial charge in [0.05, 0.1) is 26.4 Å². The van der Waals surface area contributed by atoms with E-state index in [0.717, 1.165) is 122 Å². The first-order valence-corrected chi connectivity index (χ1v) is 40.9. The summed E-state index contributed by atoms with van der Waals surface area (Å²) < 4.78 is 60.9. The van der Waals surface area contributed by atoms with Gasteiger partial charge in [-0.05, 0) is 96.3 Å². The van der Waals surface area contributed by atoms with Crippen molar-refractivity contribution < 1.29 is 75.8 Å². The molecule has 0 rings (SSSR count). The van der Waals surface area contributed by atoms with Crippen molar-refractivity contribution in [2.75, 3.05) is 39.6 Å². The fourth-order valence-electron chi connectivity index (χ4n) is 10.3. The molecule has 0 aliphatic carbocycles. The fourth-order valence-corrected chi connectivity index (χ4v) is 11.9.